The van der Waals surface area contributed by atoms with Crippen molar-refractivity contribution in [3.8, 4) is 0 Å². The molecule has 0 radical (unpaired) electrons. The van der Waals surface area contributed by atoms with Crippen LogP contribution >= 0.6 is 23.2 Å². The van der Waals surface area contributed by atoms with Crippen LogP contribution in [0.3, 0.4) is 0 Å². The quantitative estimate of drug-likeness (QED) is 0.709. The molecule has 25 heavy (non-hydrogen) atoms. The number of carbonyl (C=O) groups excluding carboxylic acids is 1. The molecule has 3 aromatic rings. The second-order valence-corrected chi connectivity index (χ2v) is 5.84. The van der Waals surface area contributed by atoms with Gasteiger partial charge in [0.15, 0.2) is 0 Å². The van der Waals surface area contributed by atoms with Gasteiger partial charge < -0.3 is 10.6 Å². The van der Waals surface area contributed by atoms with Crippen LogP contribution in [0.1, 0.15) is 16.1 Å². The van der Waals surface area contributed by atoms with Crippen LogP contribution in [0, 0.1) is 0 Å². The number of nitrogens with one attached hydrogen (secondary N) is 2. The van der Waals surface area contributed by atoms with Gasteiger partial charge in [-0.1, -0.05) is 29.3 Å². The van der Waals surface area contributed by atoms with Crippen LogP contribution in [0.5, 0.6) is 0 Å². The van der Waals surface area contributed by atoms with E-state index in [-0.39, 0.29) is 11.6 Å². The maximum atomic E-state index is 12.1. The van der Waals surface area contributed by atoms with Crippen LogP contribution in [0.25, 0.3) is 0 Å². The highest BCUT2D eigenvalue weighted by atomic mass is 35.5. The van der Waals surface area contributed by atoms with Crippen molar-refractivity contribution in [1.29, 1.82) is 0 Å². The molecule has 1 aromatic carbocycles. The molecular weight excluding hydrogens is 361 g/mol. The highest BCUT2D eigenvalue weighted by Gasteiger charge is 2.09. The molecule has 126 valence electrons. The SMILES string of the molecule is O=C(NCc1ccncc1)c1cnc(Nc2cccc(Cl)c2Cl)cn1. The Hall–Kier alpha value is -2.70. The van der Waals surface area contributed by atoms with Gasteiger partial charge in [0.05, 0.1) is 28.1 Å². The summed E-state index contributed by atoms with van der Waals surface area (Å²) in [4.78, 5) is 24.3. The molecule has 0 fully saturated rings. The lowest BCUT2D eigenvalue weighted by molar-refractivity contribution is 0.0945. The fraction of sp³-hybridized carbons (Fsp3) is 0.0588. The van der Waals surface area contributed by atoms with Gasteiger partial charge in [0.2, 0.25) is 0 Å². The lowest BCUT2D eigenvalue weighted by atomic mass is 10.2. The first-order valence-corrected chi connectivity index (χ1v) is 8.09. The predicted molar refractivity (Wildman–Crippen MR) is 97.2 cm³/mol. The molecule has 6 nitrogen and oxygen atoms in total. The predicted octanol–water partition coefficient (Wildman–Crippen LogP) is 3.85. The van der Waals surface area contributed by atoms with Crippen molar-refractivity contribution in [2.24, 2.45) is 0 Å². The third-order valence-corrected chi connectivity index (χ3v) is 4.12. The van der Waals surface area contributed by atoms with Crippen LogP contribution in [-0.4, -0.2) is 20.9 Å². The minimum Gasteiger partial charge on any atom is -0.347 e. The zero-order valence-corrected chi connectivity index (χ0v) is 14.4. The molecule has 8 heteroatoms. The number of hydrogen-bond acceptors (Lipinski definition) is 5. The van der Waals surface area contributed by atoms with Gasteiger partial charge >= 0.3 is 0 Å². The van der Waals surface area contributed by atoms with E-state index in [1.807, 2.05) is 12.1 Å². The van der Waals surface area contributed by atoms with E-state index in [0.717, 1.165) is 5.56 Å². The fourth-order valence-electron chi connectivity index (χ4n) is 2.02. The molecule has 0 aliphatic carbocycles. The summed E-state index contributed by atoms with van der Waals surface area (Å²) < 4.78 is 0. The Morgan fingerprint density at radius 2 is 1.84 bits per heavy atom. The van der Waals surface area contributed by atoms with Gasteiger partial charge in [0.1, 0.15) is 11.5 Å². The second-order valence-electron chi connectivity index (χ2n) is 5.05. The molecule has 0 bridgehead atoms. The number of halogens is 2. The Balaban J connectivity index is 1.63. The van der Waals surface area contributed by atoms with E-state index in [2.05, 4.69) is 25.6 Å². The highest BCUT2D eigenvalue weighted by Crippen LogP contribution is 2.31. The van der Waals surface area contributed by atoms with E-state index in [9.17, 15) is 4.79 Å². The standard InChI is InChI=1S/C17H13Cl2N5O/c18-12-2-1-3-13(16(12)19)24-15-10-21-14(9-22-15)17(25)23-8-11-4-6-20-7-5-11/h1-7,9-10H,8H2,(H,22,24)(H,23,25). The first-order chi connectivity index (χ1) is 12.1. The summed E-state index contributed by atoms with van der Waals surface area (Å²) in [6.45, 7) is 0.390. The number of amides is 1. The third-order valence-electron chi connectivity index (χ3n) is 3.30. The van der Waals surface area contributed by atoms with Gasteiger partial charge in [-0.05, 0) is 29.8 Å². The van der Waals surface area contributed by atoms with E-state index < -0.39 is 0 Å². The largest absolute Gasteiger partial charge is 0.347 e. The van der Waals surface area contributed by atoms with Crippen LogP contribution in [0.15, 0.2) is 55.1 Å². The first kappa shape index (κ1) is 17.1. The number of anilines is 2. The Morgan fingerprint density at radius 1 is 1.04 bits per heavy atom. The minimum atomic E-state index is -0.309. The summed E-state index contributed by atoms with van der Waals surface area (Å²) in [5.41, 5.74) is 1.78. The van der Waals surface area contributed by atoms with Crippen molar-refractivity contribution in [3.05, 3.63) is 76.4 Å². The molecule has 0 saturated carbocycles. The average molecular weight is 374 g/mol. The normalized spacial score (nSPS) is 10.3. The molecule has 0 aliphatic heterocycles. The van der Waals surface area contributed by atoms with Crippen molar-refractivity contribution in [2.75, 3.05) is 5.32 Å². The van der Waals surface area contributed by atoms with E-state index in [0.29, 0.717) is 28.1 Å². The van der Waals surface area contributed by atoms with Crippen LogP contribution in [0.2, 0.25) is 10.0 Å². The highest BCUT2D eigenvalue weighted by molar-refractivity contribution is 6.43. The van der Waals surface area contributed by atoms with E-state index >= 15 is 0 Å². The Morgan fingerprint density at radius 3 is 2.56 bits per heavy atom. The zero-order valence-electron chi connectivity index (χ0n) is 12.9. The number of nitrogens with zero attached hydrogens (tertiary/aromatic N) is 3. The number of carbonyl (C=O) groups is 1. The van der Waals surface area contributed by atoms with Crippen molar-refractivity contribution in [1.82, 2.24) is 20.3 Å². The lowest BCUT2D eigenvalue weighted by Crippen LogP contribution is -2.24. The average Bonchev–Trinajstić information content (AvgIpc) is 2.65. The monoisotopic (exact) mass is 373 g/mol. The summed E-state index contributed by atoms with van der Waals surface area (Å²) in [6.07, 6.45) is 6.19. The molecule has 2 N–H and O–H groups in total. The third kappa shape index (κ3) is 4.43. The Labute approximate surface area is 154 Å². The van der Waals surface area contributed by atoms with Crippen molar-refractivity contribution in [3.63, 3.8) is 0 Å². The fourth-order valence-corrected chi connectivity index (χ4v) is 2.37. The van der Waals surface area contributed by atoms with Gasteiger partial charge in [-0.2, -0.15) is 0 Å². The minimum absolute atomic E-state index is 0.219. The zero-order chi connectivity index (χ0) is 17.6. The number of hydrogen-bond donors (Lipinski definition) is 2. The van der Waals surface area contributed by atoms with Gasteiger partial charge in [-0.15, -0.1) is 0 Å². The summed E-state index contributed by atoms with van der Waals surface area (Å²) >= 11 is 12.1. The Kier molecular flexibility index (Phi) is 5.42. The summed E-state index contributed by atoms with van der Waals surface area (Å²) in [6, 6.07) is 8.88. The van der Waals surface area contributed by atoms with Crippen molar-refractivity contribution in [2.45, 2.75) is 6.54 Å². The summed E-state index contributed by atoms with van der Waals surface area (Å²) in [5.74, 6) is 0.145. The molecule has 2 aromatic heterocycles. The topological polar surface area (TPSA) is 79.8 Å². The summed E-state index contributed by atoms with van der Waals surface area (Å²) in [7, 11) is 0. The van der Waals surface area contributed by atoms with Gasteiger partial charge in [0.25, 0.3) is 5.91 Å². The molecule has 0 saturated heterocycles. The van der Waals surface area contributed by atoms with E-state index in [4.69, 9.17) is 23.2 Å². The van der Waals surface area contributed by atoms with Crippen LogP contribution in [-0.2, 0) is 6.54 Å². The second kappa shape index (κ2) is 7.92. The molecule has 1 amide bonds. The number of aromatic nitrogens is 3. The smallest absolute Gasteiger partial charge is 0.271 e. The molecule has 0 unspecified atom stereocenters. The van der Waals surface area contributed by atoms with Gasteiger partial charge in [0, 0.05) is 18.9 Å². The van der Waals surface area contributed by atoms with Crippen molar-refractivity contribution < 1.29 is 4.79 Å². The molecule has 2 heterocycles. The number of pyridine rings is 1. The maximum absolute atomic E-state index is 12.1. The maximum Gasteiger partial charge on any atom is 0.271 e. The van der Waals surface area contributed by atoms with Crippen molar-refractivity contribution >= 4 is 40.6 Å². The van der Waals surface area contributed by atoms with Crippen LogP contribution < -0.4 is 10.6 Å². The lowest BCUT2D eigenvalue weighted by Gasteiger charge is -2.09. The van der Waals surface area contributed by atoms with E-state index in [1.165, 1.54) is 12.4 Å². The number of benzene rings is 1. The van der Waals surface area contributed by atoms with Gasteiger partial charge in [-0.3, -0.25) is 9.78 Å². The first-order valence-electron chi connectivity index (χ1n) is 7.33. The molecule has 0 spiro atoms. The van der Waals surface area contributed by atoms with Gasteiger partial charge in [-0.25, -0.2) is 9.97 Å². The molecule has 0 aliphatic rings. The Bertz CT molecular complexity index is 872. The number of rotatable bonds is 5. The summed E-state index contributed by atoms with van der Waals surface area (Å²) in [5, 5.41) is 6.61. The van der Waals surface area contributed by atoms with E-state index in [1.54, 1.807) is 30.6 Å². The molecule has 0 atom stereocenters. The van der Waals surface area contributed by atoms with Crippen LogP contribution in [0.4, 0.5) is 11.5 Å². The molecule has 3 rings (SSSR count). The molecular formula is C17H13Cl2N5O.